The van der Waals surface area contributed by atoms with E-state index in [2.05, 4.69) is 42.6 Å². The summed E-state index contributed by atoms with van der Waals surface area (Å²) in [5, 5.41) is 3.45. The number of ether oxygens (including phenoxy) is 2. The van der Waals surface area contributed by atoms with Crippen LogP contribution in [0.1, 0.15) is 23.6 Å². The Morgan fingerprint density at radius 2 is 1.57 bits per heavy atom. The molecule has 0 fully saturated rings. The van der Waals surface area contributed by atoms with Crippen molar-refractivity contribution < 1.29 is 9.47 Å². The van der Waals surface area contributed by atoms with E-state index in [0.29, 0.717) is 6.61 Å². The molecular formula is C18H23NO2. The normalized spacial score (nSPS) is 10.4. The molecule has 0 aliphatic rings. The third kappa shape index (κ3) is 4.50. The van der Waals surface area contributed by atoms with Crippen molar-refractivity contribution in [3.05, 3.63) is 59.2 Å². The van der Waals surface area contributed by atoms with Gasteiger partial charge in [-0.05, 0) is 37.1 Å². The summed E-state index contributed by atoms with van der Waals surface area (Å²) in [6, 6.07) is 14.6. The van der Waals surface area contributed by atoms with Crippen LogP contribution in [0.15, 0.2) is 42.5 Å². The van der Waals surface area contributed by atoms with Gasteiger partial charge in [-0.25, -0.2) is 0 Å². The van der Waals surface area contributed by atoms with Gasteiger partial charge >= 0.3 is 0 Å². The molecule has 112 valence electrons. The summed E-state index contributed by atoms with van der Waals surface area (Å²) >= 11 is 0. The fourth-order valence-electron chi connectivity index (χ4n) is 2.16. The van der Waals surface area contributed by atoms with E-state index in [1.54, 1.807) is 7.11 Å². The van der Waals surface area contributed by atoms with Crippen LogP contribution in [0.5, 0.6) is 11.5 Å². The third-order valence-corrected chi connectivity index (χ3v) is 3.31. The number of hydrogen-bond donors (Lipinski definition) is 1. The Bertz CT molecular complexity index is 564. The molecule has 21 heavy (non-hydrogen) atoms. The Balaban J connectivity index is 1.93. The van der Waals surface area contributed by atoms with E-state index >= 15 is 0 Å². The van der Waals surface area contributed by atoms with Crippen molar-refractivity contribution in [3.63, 3.8) is 0 Å². The van der Waals surface area contributed by atoms with Crippen LogP contribution in [0.3, 0.4) is 0 Å². The Labute approximate surface area is 126 Å². The minimum Gasteiger partial charge on any atom is -0.493 e. The van der Waals surface area contributed by atoms with Gasteiger partial charge in [0.1, 0.15) is 0 Å². The summed E-state index contributed by atoms with van der Waals surface area (Å²) < 4.78 is 10.9. The van der Waals surface area contributed by atoms with E-state index in [-0.39, 0.29) is 0 Å². The summed E-state index contributed by atoms with van der Waals surface area (Å²) in [6.07, 6.45) is 0. The maximum Gasteiger partial charge on any atom is 0.161 e. The standard InChI is InChI=1S/C18H23NO2/c1-4-21-18-11-16(9-10-17(18)20-3)13-19-12-15-7-5-14(2)6-8-15/h5-11,19H,4,12-13H2,1-3H3. The number of rotatable bonds is 7. The van der Waals surface area contributed by atoms with Crippen LogP contribution in [0.2, 0.25) is 0 Å². The smallest absolute Gasteiger partial charge is 0.161 e. The van der Waals surface area contributed by atoms with Gasteiger partial charge in [-0.3, -0.25) is 0 Å². The lowest BCUT2D eigenvalue weighted by molar-refractivity contribution is 0.310. The fraction of sp³-hybridized carbons (Fsp3) is 0.333. The molecule has 0 bridgehead atoms. The van der Waals surface area contributed by atoms with Crippen LogP contribution in [-0.4, -0.2) is 13.7 Å². The van der Waals surface area contributed by atoms with Gasteiger partial charge in [0.25, 0.3) is 0 Å². The second-order valence-electron chi connectivity index (χ2n) is 5.01. The van der Waals surface area contributed by atoms with Crippen LogP contribution >= 0.6 is 0 Å². The molecule has 0 saturated heterocycles. The molecule has 0 aromatic heterocycles. The maximum absolute atomic E-state index is 5.59. The molecule has 0 unspecified atom stereocenters. The van der Waals surface area contributed by atoms with E-state index < -0.39 is 0 Å². The molecule has 1 N–H and O–H groups in total. The lowest BCUT2D eigenvalue weighted by Gasteiger charge is -2.11. The Morgan fingerprint density at radius 3 is 2.24 bits per heavy atom. The predicted octanol–water partition coefficient (Wildman–Crippen LogP) is 3.69. The van der Waals surface area contributed by atoms with Crippen LogP contribution < -0.4 is 14.8 Å². The Morgan fingerprint density at radius 1 is 0.905 bits per heavy atom. The first-order valence-corrected chi connectivity index (χ1v) is 7.29. The van der Waals surface area contributed by atoms with Gasteiger partial charge in [-0.15, -0.1) is 0 Å². The second kappa shape index (κ2) is 7.70. The summed E-state index contributed by atoms with van der Waals surface area (Å²) in [5.74, 6) is 1.58. The van der Waals surface area contributed by atoms with Crippen molar-refractivity contribution in [1.29, 1.82) is 0 Å². The molecule has 0 atom stereocenters. The first-order valence-electron chi connectivity index (χ1n) is 7.29. The van der Waals surface area contributed by atoms with Crippen molar-refractivity contribution in [3.8, 4) is 11.5 Å². The van der Waals surface area contributed by atoms with Gasteiger partial charge in [0.05, 0.1) is 13.7 Å². The molecule has 0 saturated carbocycles. The van der Waals surface area contributed by atoms with E-state index in [1.807, 2.05) is 19.1 Å². The largest absolute Gasteiger partial charge is 0.493 e. The highest BCUT2D eigenvalue weighted by molar-refractivity contribution is 5.43. The van der Waals surface area contributed by atoms with Crippen LogP contribution in [-0.2, 0) is 13.1 Å². The van der Waals surface area contributed by atoms with Gasteiger partial charge in [0.2, 0.25) is 0 Å². The molecular weight excluding hydrogens is 262 g/mol. The first kappa shape index (κ1) is 15.4. The van der Waals surface area contributed by atoms with Crippen molar-refractivity contribution >= 4 is 0 Å². The lowest BCUT2D eigenvalue weighted by atomic mass is 10.1. The molecule has 0 aliphatic heterocycles. The SMILES string of the molecule is CCOc1cc(CNCc2ccc(C)cc2)ccc1OC. The van der Waals surface area contributed by atoms with Crippen molar-refractivity contribution in [1.82, 2.24) is 5.32 Å². The third-order valence-electron chi connectivity index (χ3n) is 3.31. The molecule has 0 heterocycles. The first-order chi connectivity index (χ1) is 10.2. The Hall–Kier alpha value is -2.00. The highest BCUT2D eigenvalue weighted by Gasteiger charge is 2.05. The van der Waals surface area contributed by atoms with Gasteiger partial charge in [0, 0.05) is 13.1 Å². The molecule has 3 nitrogen and oxygen atoms in total. The molecule has 2 aromatic rings. The fourth-order valence-corrected chi connectivity index (χ4v) is 2.16. The van der Waals surface area contributed by atoms with E-state index in [9.17, 15) is 0 Å². The van der Waals surface area contributed by atoms with Gasteiger partial charge in [-0.1, -0.05) is 35.9 Å². The highest BCUT2D eigenvalue weighted by Crippen LogP contribution is 2.27. The van der Waals surface area contributed by atoms with Crippen molar-refractivity contribution in [2.24, 2.45) is 0 Å². The summed E-state index contributed by atoms with van der Waals surface area (Å²) in [6.45, 7) is 6.37. The maximum atomic E-state index is 5.59. The summed E-state index contributed by atoms with van der Waals surface area (Å²) in [5.41, 5.74) is 3.76. The average Bonchev–Trinajstić information content (AvgIpc) is 2.50. The predicted molar refractivity (Wildman–Crippen MR) is 85.9 cm³/mol. The summed E-state index contributed by atoms with van der Waals surface area (Å²) in [7, 11) is 1.66. The zero-order valence-electron chi connectivity index (χ0n) is 13.0. The van der Waals surface area contributed by atoms with Crippen LogP contribution in [0.25, 0.3) is 0 Å². The van der Waals surface area contributed by atoms with Gasteiger partial charge in [0.15, 0.2) is 11.5 Å². The Kier molecular flexibility index (Phi) is 5.64. The van der Waals surface area contributed by atoms with E-state index in [1.165, 1.54) is 16.7 Å². The van der Waals surface area contributed by atoms with Gasteiger partial charge < -0.3 is 14.8 Å². The summed E-state index contributed by atoms with van der Waals surface area (Å²) in [4.78, 5) is 0. The number of nitrogens with one attached hydrogen (secondary N) is 1. The quantitative estimate of drug-likeness (QED) is 0.841. The molecule has 0 aliphatic carbocycles. The van der Waals surface area contributed by atoms with Crippen molar-refractivity contribution in [2.75, 3.05) is 13.7 Å². The lowest BCUT2D eigenvalue weighted by Crippen LogP contribution is -2.12. The van der Waals surface area contributed by atoms with Crippen LogP contribution in [0.4, 0.5) is 0 Å². The zero-order chi connectivity index (χ0) is 15.1. The number of aryl methyl sites for hydroxylation is 1. The topological polar surface area (TPSA) is 30.5 Å². The number of methoxy groups -OCH3 is 1. The van der Waals surface area contributed by atoms with Crippen molar-refractivity contribution in [2.45, 2.75) is 26.9 Å². The molecule has 3 heteroatoms. The van der Waals surface area contributed by atoms with Gasteiger partial charge in [-0.2, -0.15) is 0 Å². The zero-order valence-corrected chi connectivity index (χ0v) is 13.0. The molecule has 2 rings (SSSR count). The average molecular weight is 285 g/mol. The van der Waals surface area contributed by atoms with Crippen LogP contribution in [0, 0.1) is 6.92 Å². The molecule has 0 spiro atoms. The monoisotopic (exact) mass is 285 g/mol. The number of hydrogen-bond acceptors (Lipinski definition) is 3. The highest BCUT2D eigenvalue weighted by atomic mass is 16.5. The molecule has 0 amide bonds. The molecule has 2 aromatic carbocycles. The minimum absolute atomic E-state index is 0.636. The van der Waals surface area contributed by atoms with E-state index in [4.69, 9.17) is 9.47 Å². The van der Waals surface area contributed by atoms with E-state index in [0.717, 1.165) is 24.6 Å². The second-order valence-corrected chi connectivity index (χ2v) is 5.01. The minimum atomic E-state index is 0.636. The number of benzene rings is 2. The molecule has 0 radical (unpaired) electrons.